The van der Waals surface area contributed by atoms with Gasteiger partial charge in [0.1, 0.15) is 11.5 Å². The average molecular weight is 403 g/mol. The van der Waals surface area contributed by atoms with Crippen LogP contribution in [0.5, 0.6) is 0 Å². The van der Waals surface area contributed by atoms with Gasteiger partial charge in [0.05, 0.1) is 37.4 Å². The normalized spacial score (nSPS) is 16.2. The maximum atomic E-state index is 12.9. The first-order valence-electron chi connectivity index (χ1n) is 9.20. The Bertz CT molecular complexity index is 1050. The van der Waals surface area contributed by atoms with Crippen molar-refractivity contribution in [3.8, 4) is 6.07 Å². The summed E-state index contributed by atoms with van der Waals surface area (Å²) >= 11 is 0. The van der Waals surface area contributed by atoms with Crippen LogP contribution in [-0.4, -0.2) is 31.1 Å². The van der Waals surface area contributed by atoms with E-state index in [0.29, 0.717) is 5.56 Å². The fraction of sp³-hybridized carbons (Fsp3) is 0.174. The lowest BCUT2D eigenvalue weighted by atomic mass is 9.81. The van der Waals surface area contributed by atoms with Gasteiger partial charge in [-0.15, -0.1) is 0 Å². The molecule has 0 spiro atoms. The predicted molar refractivity (Wildman–Crippen MR) is 109 cm³/mol. The van der Waals surface area contributed by atoms with E-state index in [4.69, 9.17) is 15.2 Å². The van der Waals surface area contributed by atoms with Crippen molar-refractivity contribution in [1.82, 2.24) is 4.90 Å². The molecule has 1 aliphatic rings. The Hall–Kier alpha value is -4.05. The first kappa shape index (κ1) is 20.7. The van der Waals surface area contributed by atoms with E-state index in [9.17, 15) is 14.9 Å². The van der Waals surface area contributed by atoms with Crippen LogP contribution in [-0.2, 0) is 25.6 Å². The number of hydrogen-bond acceptors (Lipinski definition) is 7. The van der Waals surface area contributed by atoms with Crippen molar-refractivity contribution in [2.75, 3.05) is 14.2 Å². The largest absolute Gasteiger partial charge is 0.466 e. The van der Waals surface area contributed by atoms with Crippen LogP contribution in [0.25, 0.3) is 0 Å². The van der Waals surface area contributed by atoms with Crippen molar-refractivity contribution in [2.45, 2.75) is 12.5 Å². The van der Waals surface area contributed by atoms with E-state index in [1.54, 1.807) is 24.3 Å². The van der Waals surface area contributed by atoms with E-state index in [1.165, 1.54) is 19.1 Å². The van der Waals surface area contributed by atoms with E-state index in [0.717, 1.165) is 5.56 Å². The van der Waals surface area contributed by atoms with E-state index < -0.39 is 17.9 Å². The molecule has 7 nitrogen and oxygen atoms in total. The number of nitriles is 1. The van der Waals surface area contributed by atoms with Crippen LogP contribution in [0, 0.1) is 11.3 Å². The van der Waals surface area contributed by atoms with Crippen LogP contribution in [0.2, 0.25) is 0 Å². The van der Waals surface area contributed by atoms with Gasteiger partial charge >= 0.3 is 11.9 Å². The highest BCUT2D eigenvalue weighted by Gasteiger charge is 2.42. The zero-order valence-electron chi connectivity index (χ0n) is 16.7. The van der Waals surface area contributed by atoms with Crippen molar-refractivity contribution in [3.05, 3.63) is 94.5 Å². The number of allylic oxidation sites excluding steroid dienone is 1. The predicted octanol–water partition coefficient (Wildman–Crippen LogP) is 2.58. The minimum atomic E-state index is -0.857. The number of carbonyl (C=O) groups is 2. The minimum absolute atomic E-state index is 0.0113. The lowest BCUT2D eigenvalue weighted by Gasteiger charge is -2.36. The summed E-state index contributed by atoms with van der Waals surface area (Å²) in [5, 5.41) is 9.93. The Morgan fingerprint density at radius 2 is 1.57 bits per heavy atom. The monoisotopic (exact) mass is 403 g/mol. The van der Waals surface area contributed by atoms with Crippen molar-refractivity contribution in [3.63, 3.8) is 0 Å². The zero-order chi connectivity index (χ0) is 21.7. The molecule has 0 saturated heterocycles. The first-order valence-corrected chi connectivity index (χ1v) is 9.20. The summed E-state index contributed by atoms with van der Waals surface area (Å²) < 4.78 is 9.97. The number of carbonyl (C=O) groups excluding carboxylic acids is 2. The fourth-order valence-corrected chi connectivity index (χ4v) is 3.51. The fourth-order valence-electron chi connectivity index (χ4n) is 3.51. The molecule has 0 bridgehead atoms. The molecule has 1 atom stereocenters. The van der Waals surface area contributed by atoms with Gasteiger partial charge in [-0.05, 0) is 11.1 Å². The molecule has 0 aliphatic carbocycles. The van der Waals surface area contributed by atoms with Gasteiger partial charge in [0.25, 0.3) is 0 Å². The molecular weight excluding hydrogens is 382 g/mol. The van der Waals surface area contributed by atoms with Crippen LogP contribution in [0.1, 0.15) is 17.0 Å². The second kappa shape index (κ2) is 8.97. The van der Waals surface area contributed by atoms with Crippen molar-refractivity contribution >= 4 is 11.9 Å². The van der Waals surface area contributed by atoms with Gasteiger partial charge in [0, 0.05) is 6.54 Å². The van der Waals surface area contributed by atoms with Gasteiger partial charge < -0.3 is 20.1 Å². The molecule has 1 aliphatic heterocycles. The zero-order valence-corrected chi connectivity index (χ0v) is 16.7. The molecule has 1 heterocycles. The quantitative estimate of drug-likeness (QED) is 0.765. The third-order valence-corrected chi connectivity index (χ3v) is 4.89. The number of nitrogens with two attached hydrogens (primary N) is 1. The molecule has 2 aromatic carbocycles. The van der Waals surface area contributed by atoms with Crippen LogP contribution in [0.4, 0.5) is 0 Å². The molecule has 0 radical (unpaired) electrons. The van der Waals surface area contributed by atoms with Gasteiger partial charge in [-0.25, -0.2) is 9.59 Å². The summed E-state index contributed by atoms with van der Waals surface area (Å²) in [7, 11) is 2.45. The van der Waals surface area contributed by atoms with Crippen LogP contribution in [0.15, 0.2) is 83.3 Å². The number of esters is 2. The lowest BCUT2D eigenvalue weighted by Crippen LogP contribution is -2.40. The summed E-state index contributed by atoms with van der Waals surface area (Å²) in [6, 6.07) is 20.3. The van der Waals surface area contributed by atoms with Gasteiger partial charge in [-0.3, -0.25) is 0 Å². The van der Waals surface area contributed by atoms with Gasteiger partial charge in [0.2, 0.25) is 0 Å². The molecule has 152 valence electrons. The van der Waals surface area contributed by atoms with Crippen LogP contribution in [0.3, 0.4) is 0 Å². The second-order valence-electron chi connectivity index (χ2n) is 6.57. The Morgan fingerprint density at radius 3 is 2.10 bits per heavy atom. The van der Waals surface area contributed by atoms with E-state index in [-0.39, 0.29) is 29.2 Å². The average Bonchev–Trinajstić information content (AvgIpc) is 2.80. The van der Waals surface area contributed by atoms with E-state index >= 15 is 0 Å². The Morgan fingerprint density at radius 1 is 1.00 bits per heavy atom. The molecule has 30 heavy (non-hydrogen) atoms. The number of hydrogen-bond donors (Lipinski definition) is 1. The molecule has 0 saturated carbocycles. The first-order chi connectivity index (χ1) is 14.5. The molecule has 7 heteroatoms. The molecule has 2 N–H and O–H groups in total. The molecule has 0 fully saturated rings. The van der Waals surface area contributed by atoms with Crippen LogP contribution < -0.4 is 5.73 Å². The third kappa shape index (κ3) is 3.76. The minimum Gasteiger partial charge on any atom is -0.466 e. The summed E-state index contributed by atoms with van der Waals surface area (Å²) in [5.41, 5.74) is 7.98. The van der Waals surface area contributed by atoms with Crippen molar-refractivity contribution < 1.29 is 19.1 Å². The highest BCUT2D eigenvalue weighted by molar-refractivity contribution is 6.02. The summed E-state index contributed by atoms with van der Waals surface area (Å²) in [4.78, 5) is 27.1. The highest BCUT2D eigenvalue weighted by Crippen LogP contribution is 2.41. The second-order valence-corrected chi connectivity index (χ2v) is 6.57. The number of ether oxygens (including phenoxy) is 2. The molecule has 1 unspecified atom stereocenters. The smallest absolute Gasteiger partial charge is 0.355 e. The Kier molecular flexibility index (Phi) is 6.18. The summed E-state index contributed by atoms with van der Waals surface area (Å²) in [6.07, 6.45) is 0. The Labute approximate surface area is 174 Å². The van der Waals surface area contributed by atoms with E-state index in [2.05, 4.69) is 6.07 Å². The maximum Gasteiger partial charge on any atom is 0.355 e. The number of rotatable bonds is 5. The standard InChI is InChI=1S/C23H21N3O4/c1-29-22(27)19-18(16-11-7-4-8-12-16)17(13-24)21(25)26(20(19)23(28)30-2)14-15-9-5-3-6-10-15/h3-12,18H,14,25H2,1-2H3. The molecule has 2 aromatic rings. The molecule has 0 aromatic heterocycles. The maximum absolute atomic E-state index is 12.9. The van der Waals surface area contributed by atoms with Crippen molar-refractivity contribution in [1.29, 1.82) is 5.26 Å². The topological polar surface area (TPSA) is 106 Å². The SMILES string of the molecule is COC(=O)C1=C(C(=O)OC)N(Cc2ccccc2)C(N)=C(C#N)C1c1ccccc1. The number of methoxy groups -OCH3 is 2. The lowest BCUT2D eigenvalue weighted by molar-refractivity contribution is -0.141. The molecule has 3 rings (SSSR count). The van der Waals surface area contributed by atoms with Gasteiger partial charge in [-0.2, -0.15) is 5.26 Å². The van der Waals surface area contributed by atoms with Crippen molar-refractivity contribution in [2.24, 2.45) is 5.73 Å². The van der Waals surface area contributed by atoms with Crippen LogP contribution >= 0.6 is 0 Å². The number of nitrogens with zero attached hydrogens (tertiary/aromatic N) is 2. The summed E-state index contributed by atoms with van der Waals surface area (Å²) in [6.45, 7) is 0.171. The molecular formula is C23H21N3O4. The van der Waals surface area contributed by atoms with Gasteiger partial charge in [-0.1, -0.05) is 60.7 Å². The van der Waals surface area contributed by atoms with Gasteiger partial charge in [0.15, 0.2) is 0 Å². The number of benzene rings is 2. The Balaban J connectivity index is 2.29. The summed E-state index contributed by atoms with van der Waals surface area (Å²) in [5.74, 6) is -2.25. The molecule has 0 amide bonds. The highest BCUT2D eigenvalue weighted by atomic mass is 16.5. The third-order valence-electron chi connectivity index (χ3n) is 4.89. The van der Waals surface area contributed by atoms with E-state index in [1.807, 2.05) is 36.4 Å².